The highest BCUT2D eigenvalue weighted by Crippen LogP contribution is 2.35. The molecule has 0 fully saturated rings. The van der Waals surface area contributed by atoms with Gasteiger partial charge in [0.25, 0.3) is 0 Å². The number of carbonyl (C=O) groups is 3. The third-order valence-corrected chi connectivity index (χ3v) is 13.2. The zero-order valence-corrected chi connectivity index (χ0v) is 40.4. The number of aliphatic carboxylic acids is 2. The van der Waals surface area contributed by atoms with Gasteiger partial charge in [0.05, 0.1) is 20.0 Å². The molecule has 0 bridgehead atoms. The van der Waals surface area contributed by atoms with Gasteiger partial charge in [-0.05, 0) is 76.7 Å². The largest absolute Gasteiger partial charge is 0.496 e. The number of halogens is 4. The summed E-state index contributed by atoms with van der Waals surface area (Å²) in [4.78, 5) is 42.0. The fourth-order valence-corrected chi connectivity index (χ4v) is 9.00. The van der Waals surface area contributed by atoms with Gasteiger partial charge in [-0.1, -0.05) is 93.6 Å². The van der Waals surface area contributed by atoms with Crippen LogP contribution in [0.1, 0.15) is 49.9 Å². The van der Waals surface area contributed by atoms with Gasteiger partial charge in [0, 0.05) is 41.8 Å². The van der Waals surface area contributed by atoms with E-state index in [1.807, 2.05) is 0 Å². The molecule has 0 radical (unpaired) electrons. The maximum Gasteiger partial charge on any atom is 0.328 e. The van der Waals surface area contributed by atoms with E-state index in [-0.39, 0.29) is 24.7 Å². The smallest absolute Gasteiger partial charge is 0.328 e. The number of benzene rings is 6. The molecule has 0 aliphatic carbocycles. The SMILES string of the molecule is CCS(=O)(=O)N(Cc1cccc(COc2ccc(-c3cc(F)c(F)cc3OC)cc2)c1)C(C(=O)O)C(C(=O)O)N(Cc1cccc(COc2ccc(-c3cc(F)c(F)cc3OC)cc2)c1)C(=O)C(C)(C)C. The number of ether oxygens (including phenoxy) is 4. The number of hydrogen-bond donors (Lipinski definition) is 2. The number of amides is 1. The summed E-state index contributed by atoms with van der Waals surface area (Å²) in [5.74, 6) is -8.06. The molecular formula is C53H52F4N2O11S. The van der Waals surface area contributed by atoms with Crippen LogP contribution in [0.25, 0.3) is 22.3 Å². The second-order valence-electron chi connectivity index (χ2n) is 17.4. The van der Waals surface area contributed by atoms with Crippen LogP contribution in [-0.4, -0.2) is 77.7 Å². The van der Waals surface area contributed by atoms with Crippen LogP contribution < -0.4 is 18.9 Å². The molecule has 1 amide bonds. The first-order valence-electron chi connectivity index (χ1n) is 22.1. The molecule has 0 aromatic heterocycles. The zero-order valence-electron chi connectivity index (χ0n) is 39.6. The Labute approximate surface area is 408 Å². The number of carbonyl (C=O) groups excluding carboxylic acids is 1. The third-order valence-electron chi connectivity index (χ3n) is 11.4. The number of sulfonamides is 1. The molecular weight excluding hydrogens is 949 g/mol. The van der Waals surface area contributed by atoms with E-state index in [2.05, 4.69) is 0 Å². The Kier molecular flexibility index (Phi) is 16.8. The van der Waals surface area contributed by atoms with E-state index in [1.54, 1.807) is 97.1 Å². The van der Waals surface area contributed by atoms with E-state index in [9.17, 15) is 50.6 Å². The molecule has 0 saturated heterocycles. The van der Waals surface area contributed by atoms with Crippen molar-refractivity contribution in [3.63, 3.8) is 0 Å². The topological polar surface area (TPSA) is 169 Å². The standard InChI is InChI=1S/C53H52F4N2O11S/c1-7-71(65,66)59(29-33-11-9-13-35(23-33)31-70-39-20-16-37(17-21-39)41-25-43(55)45(57)27-47(41)68-6)49(51(62)63)48(50(60)61)58(52(64)53(2,3)4)28-32-10-8-12-34(22-32)30-69-38-18-14-36(15-19-38)40-24-42(54)44(56)26-46(40)67-5/h8-27,48-49H,7,28-31H2,1-6H3,(H,60,61)(H,62,63). The summed E-state index contributed by atoms with van der Waals surface area (Å²) in [6.07, 6.45) is 0. The monoisotopic (exact) mass is 1000 g/mol. The number of nitrogens with zero attached hydrogens (tertiary/aromatic N) is 2. The van der Waals surface area contributed by atoms with Crippen molar-refractivity contribution in [2.75, 3.05) is 20.0 Å². The van der Waals surface area contributed by atoms with Gasteiger partial charge in [-0.25, -0.2) is 30.8 Å². The van der Waals surface area contributed by atoms with Gasteiger partial charge in [-0.2, -0.15) is 4.31 Å². The molecule has 71 heavy (non-hydrogen) atoms. The highest BCUT2D eigenvalue weighted by Gasteiger charge is 2.49. The lowest BCUT2D eigenvalue weighted by Crippen LogP contribution is -2.62. The Morgan fingerprint density at radius 3 is 1.35 bits per heavy atom. The highest BCUT2D eigenvalue weighted by molar-refractivity contribution is 7.89. The molecule has 13 nitrogen and oxygen atoms in total. The van der Waals surface area contributed by atoms with Gasteiger partial charge in [0.15, 0.2) is 35.4 Å². The van der Waals surface area contributed by atoms with E-state index < -0.39 is 87.5 Å². The number of carboxylic acids is 2. The van der Waals surface area contributed by atoms with Crippen LogP contribution in [0.3, 0.4) is 0 Å². The number of rotatable bonds is 21. The van der Waals surface area contributed by atoms with Crippen LogP contribution in [-0.2, 0) is 50.7 Å². The molecule has 374 valence electrons. The van der Waals surface area contributed by atoms with Gasteiger partial charge in [-0.15, -0.1) is 0 Å². The number of carboxylic acid groups (broad SMARTS) is 2. The summed E-state index contributed by atoms with van der Waals surface area (Å²) < 4.78 is 107. The zero-order chi connectivity index (χ0) is 51.8. The van der Waals surface area contributed by atoms with Crippen LogP contribution in [0.4, 0.5) is 17.6 Å². The maximum absolute atomic E-state index is 14.3. The molecule has 6 aromatic carbocycles. The molecule has 2 N–H and O–H groups in total. The minimum atomic E-state index is -4.51. The van der Waals surface area contributed by atoms with Crippen LogP contribution in [0.2, 0.25) is 0 Å². The molecule has 0 aliphatic heterocycles. The van der Waals surface area contributed by atoms with E-state index >= 15 is 0 Å². The first kappa shape index (κ1) is 52.9. The van der Waals surface area contributed by atoms with E-state index in [1.165, 1.54) is 41.9 Å². The van der Waals surface area contributed by atoms with Gasteiger partial charge in [0.1, 0.15) is 36.2 Å². The summed E-state index contributed by atoms with van der Waals surface area (Å²) >= 11 is 0. The summed E-state index contributed by atoms with van der Waals surface area (Å²) in [6, 6.07) is 25.4. The maximum atomic E-state index is 14.3. The van der Waals surface area contributed by atoms with E-state index in [0.717, 1.165) is 29.2 Å². The Bertz CT molecular complexity index is 3000. The van der Waals surface area contributed by atoms with Crippen molar-refractivity contribution in [3.05, 3.63) is 167 Å². The summed E-state index contributed by atoms with van der Waals surface area (Å²) in [6.45, 7) is 4.81. The highest BCUT2D eigenvalue weighted by atomic mass is 32.2. The average Bonchev–Trinajstić information content (AvgIpc) is 3.34. The van der Waals surface area contributed by atoms with Crippen molar-refractivity contribution in [1.29, 1.82) is 0 Å². The Hall–Kier alpha value is -7.44. The fraction of sp³-hybridized carbons (Fsp3) is 0.264. The molecule has 0 heterocycles. The average molecular weight is 1000 g/mol. The molecule has 18 heteroatoms. The molecule has 0 spiro atoms. The predicted molar refractivity (Wildman–Crippen MR) is 256 cm³/mol. The minimum Gasteiger partial charge on any atom is -0.496 e. The summed E-state index contributed by atoms with van der Waals surface area (Å²) in [7, 11) is -1.83. The van der Waals surface area contributed by atoms with E-state index in [4.69, 9.17) is 18.9 Å². The van der Waals surface area contributed by atoms with Gasteiger partial charge < -0.3 is 34.1 Å². The van der Waals surface area contributed by atoms with Crippen molar-refractivity contribution in [2.45, 2.75) is 66.1 Å². The molecule has 0 saturated carbocycles. The van der Waals surface area contributed by atoms with Gasteiger partial charge >= 0.3 is 11.9 Å². The number of hydrogen-bond acceptors (Lipinski definition) is 9. The Balaban J connectivity index is 1.23. The summed E-state index contributed by atoms with van der Waals surface area (Å²) in [5.41, 5.74) is 2.23. The number of methoxy groups -OCH3 is 2. The lowest BCUT2D eigenvalue weighted by molar-refractivity contribution is -0.162. The third kappa shape index (κ3) is 12.9. The molecule has 0 aliphatic rings. The van der Waals surface area contributed by atoms with E-state index in [0.29, 0.717) is 60.3 Å². The first-order chi connectivity index (χ1) is 33.6. The first-order valence-corrected chi connectivity index (χ1v) is 23.7. The molecule has 2 atom stereocenters. The van der Waals surface area contributed by atoms with Crippen LogP contribution in [0.15, 0.2) is 121 Å². The van der Waals surface area contributed by atoms with Crippen LogP contribution in [0, 0.1) is 28.7 Å². The van der Waals surface area contributed by atoms with Crippen LogP contribution >= 0.6 is 0 Å². The quantitative estimate of drug-likeness (QED) is 0.0659. The lowest BCUT2D eigenvalue weighted by atomic mass is 9.92. The molecule has 6 aromatic rings. The lowest BCUT2D eigenvalue weighted by Gasteiger charge is -2.40. The van der Waals surface area contributed by atoms with Crippen molar-refractivity contribution in [2.24, 2.45) is 5.41 Å². The predicted octanol–water partition coefficient (Wildman–Crippen LogP) is 9.89. The Morgan fingerprint density at radius 2 is 0.972 bits per heavy atom. The second-order valence-corrected chi connectivity index (χ2v) is 19.6. The van der Waals surface area contributed by atoms with Crippen molar-refractivity contribution >= 4 is 27.9 Å². The second kappa shape index (κ2) is 22.5. The minimum absolute atomic E-state index is 0.0105. The van der Waals surface area contributed by atoms with Crippen LogP contribution in [0.5, 0.6) is 23.0 Å². The van der Waals surface area contributed by atoms with Crippen molar-refractivity contribution in [3.8, 4) is 45.3 Å². The van der Waals surface area contributed by atoms with Crippen molar-refractivity contribution in [1.82, 2.24) is 9.21 Å². The molecule has 6 rings (SSSR count). The summed E-state index contributed by atoms with van der Waals surface area (Å²) in [5, 5.41) is 21.7. The normalized spacial score (nSPS) is 12.5. The van der Waals surface area contributed by atoms with Gasteiger partial charge in [0.2, 0.25) is 15.9 Å². The van der Waals surface area contributed by atoms with Gasteiger partial charge in [-0.3, -0.25) is 9.59 Å². The molecule has 2 unspecified atom stereocenters. The van der Waals surface area contributed by atoms with Crippen molar-refractivity contribution < 1.29 is 69.5 Å². The fourth-order valence-electron chi connectivity index (χ4n) is 7.77. The Morgan fingerprint density at radius 1 is 0.577 bits per heavy atom.